The van der Waals surface area contributed by atoms with E-state index < -0.39 is 23.9 Å². The number of amides is 3. The number of likely N-dealkylation sites (N-methyl/N-ethyl adjacent to an activating group) is 1. The lowest BCUT2D eigenvalue weighted by Gasteiger charge is -2.23. The van der Waals surface area contributed by atoms with Gasteiger partial charge in [0.2, 0.25) is 17.6 Å². The highest BCUT2D eigenvalue weighted by molar-refractivity contribution is 6.34. The number of halogens is 2. The highest BCUT2D eigenvalue weighted by Crippen LogP contribution is 2.22. The summed E-state index contributed by atoms with van der Waals surface area (Å²) >= 11 is 12.2. The van der Waals surface area contributed by atoms with Gasteiger partial charge in [-0.05, 0) is 57.2 Å². The van der Waals surface area contributed by atoms with E-state index >= 15 is 0 Å². The zero-order chi connectivity index (χ0) is 28.4. The maximum absolute atomic E-state index is 13.2. The van der Waals surface area contributed by atoms with Gasteiger partial charge in [-0.3, -0.25) is 19.4 Å². The molecule has 208 valence electrons. The largest absolute Gasteiger partial charge is 0.370 e. The quantitative estimate of drug-likeness (QED) is 0.138. The number of aryl methyl sites for hydroxylation is 1. The summed E-state index contributed by atoms with van der Waals surface area (Å²) in [6.07, 6.45) is 1.04. The molecular weight excluding hydrogens is 533 g/mol. The van der Waals surface area contributed by atoms with E-state index in [0.717, 1.165) is 0 Å². The number of nitrogens with one attached hydrogen (secondary N) is 3. The van der Waals surface area contributed by atoms with E-state index in [1.54, 1.807) is 32.0 Å². The Labute approximate surface area is 231 Å². The van der Waals surface area contributed by atoms with Crippen molar-refractivity contribution in [1.29, 1.82) is 0 Å². The van der Waals surface area contributed by atoms with Crippen molar-refractivity contribution in [2.45, 2.75) is 59.0 Å². The fraction of sp³-hybridized carbons (Fsp3) is 0.500. The lowest BCUT2D eigenvalue weighted by molar-refractivity contribution is -0.130. The molecule has 0 aliphatic heterocycles. The lowest BCUT2D eigenvalue weighted by atomic mass is 10.0. The van der Waals surface area contributed by atoms with E-state index in [-0.39, 0.29) is 36.6 Å². The Morgan fingerprint density at radius 3 is 2.29 bits per heavy atom. The molecule has 2 aromatic rings. The molecule has 0 aliphatic carbocycles. The third kappa shape index (κ3) is 9.49. The average Bonchev–Trinajstić information content (AvgIpc) is 3.21. The van der Waals surface area contributed by atoms with Crippen LogP contribution in [0.2, 0.25) is 10.0 Å². The van der Waals surface area contributed by atoms with Gasteiger partial charge in [-0.15, -0.1) is 5.10 Å². The van der Waals surface area contributed by atoms with E-state index in [1.807, 2.05) is 13.8 Å². The molecule has 1 aromatic heterocycles. The van der Waals surface area contributed by atoms with E-state index in [2.05, 4.69) is 31.0 Å². The van der Waals surface area contributed by atoms with Crippen LogP contribution in [0.4, 0.5) is 0 Å². The minimum Gasteiger partial charge on any atom is -0.370 e. The molecule has 0 saturated heterocycles. The van der Waals surface area contributed by atoms with Crippen LogP contribution in [0.5, 0.6) is 0 Å². The Balaban J connectivity index is 2.25. The molecule has 38 heavy (non-hydrogen) atoms. The van der Waals surface area contributed by atoms with Crippen LogP contribution in [-0.4, -0.2) is 63.6 Å². The summed E-state index contributed by atoms with van der Waals surface area (Å²) in [7, 11) is 0. The van der Waals surface area contributed by atoms with Crippen molar-refractivity contribution < 1.29 is 14.4 Å². The third-order valence-electron chi connectivity index (χ3n) is 5.32. The molecule has 3 amide bonds. The number of hydrogen-bond donors (Lipinski definition) is 5. The monoisotopic (exact) mass is 567 g/mol. The van der Waals surface area contributed by atoms with Crippen molar-refractivity contribution in [2.75, 3.05) is 13.1 Å². The molecule has 0 aliphatic rings. The molecule has 12 nitrogen and oxygen atoms in total. The Bertz CT molecular complexity index is 1140. The van der Waals surface area contributed by atoms with Gasteiger partial charge in [0.25, 0.3) is 5.91 Å². The van der Waals surface area contributed by atoms with Gasteiger partial charge < -0.3 is 27.4 Å². The second-order valence-electron chi connectivity index (χ2n) is 9.08. The zero-order valence-electron chi connectivity index (χ0n) is 21.9. The zero-order valence-corrected chi connectivity index (χ0v) is 23.4. The van der Waals surface area contributed by atoms with Crippen LogP contribution in [0.15, 0.2) is 23.2 Å². The molecular formula is C24H35Cl2N9O3. The summed E-state index contributed by atoms with van der Waals surface area (Å²) in [4.78, 5) is 47.0. The molecule has 2 atom stereocenters. The van der Waals surface area contributed by atoms with Crippen molar-refractivity contribution in [3.8, 4) is 5.69 Å². The van der Waals surface area contributed by atoms with E-state index in [9.17, 15) is 14.4 Å². The Kier molecular flexibility index (Phi) is 11.8. The lowest BCUT2D eigenvalue weighted by Crippen LogP contribution is -2.54. The standard InChI is InChI=1S/C24H35Cl2N9O3/c1-5-29-21(36)19(9-13(2)3)33-22(37)18(7-6-8-30-24(27)28)32-23(38)20-31-14(4)35(34-20)17-11-15(25)10-16(26)12-17/h10-13,18-19H,5-9H2,1-4H3,(H,29,36)(H,32,38)(H,33,37)(H4,27,28,30)/t18-,19+/m0/s1. The van der Waals surface area contributed by atoms with Crippen LogP contribution >= 0.6 is 23.2 Å². The number of carbonyl (C=O) groups is 3. The molecule has 0 saturated carbocycles. The first-order chi connectivity index (χ1) is 17.9. The van der Waals surface area contributed by atoms with Crippen molar-refractivity contribution in [3.05, 3.63) is 39.9 Å². The minimum absolute atomic E-state index is 0.0744. The number of hydrogen-bond acceptors (Lipinski definition) is 6. The predicted molar refractivity (Wildman–Crippen MR) is 147 cm³/mol. The Hall–Kier alpha value is -3.38. The number of nitrogens with two attached hydrogens (primary N) is 2. The van der Waals surface area contributed by atoms with Crippen LogP contribution in [0.25, 0.3) is 5.69 Å². The maximum atomic E-state index is 13.2. The smallest absolute Gasteiger partial charge is 0.291 e. The second kappa shape index (κ2) is 14.5. The van der Waals surface area contributed by atoms with Gasteiger partial charge in [-0.1, -0.05) is 37.0 Å². The topological polar surface area (TPSA) is 182 Å². The number of carbonyl (C=O) groups excluding carboxylic acids is 3. The molecule has 1 heterocycles. The van der Waals surface area contributed by atoms with Crippen LogP contribution in [-0.2, 0) is 9.59 Å². The van der Waals surface area contributed by atoms with Crippen molar-refractivity contribution in [1.82, 2.24) is 30.7 Å². The average molecular weight is 569 g/mol. The molecule has 0 radical (unpaired) electrons. The minimum atomic E-state index is -0.992. The van der Waals surface area contributed by atoms with Gasteiger partial charge in [-0.2, -0.15) is 0 Å². The first kappa shape index (κ1) is 30.8. The summed E-state index contributed by atoms with van der Waals surface area (Å²) in [6, 6.07) is 3.09. The molecule has 0 fully saturated rings. The summed E-state index contributed by atoms with van der Waals surface area (Å²) in [6.45, 7) is 8.04. The molecule has 2 rings (SSSR count). The molecule has 0 spiro atoms. The van der Waals surface area contributed by atoms with Crippen molar-refractivity contribution >= 4 is 46.9 Å². The molecule has 0 unspecified atom stereocenters. The van der Waals surface area contributed by atoms with E-state index in [0.29, 0.717) is 40.9 Å². The van der Waals surface area contributed by atoms with Gasteiger partial charge in [0.15, 0.2) is 5.96 Å². The SMILES string of the molecule is CCNC(=O)[C@@H](CC(C)C)NC(=O)[C@H](CCCN=C(N)N)NC(=O)c1nc(C)n(-c2cc(Cl)cc(Cl)c2)n1. The van der Waals surface area contributed by atoms with Gasteiger partial charge >= 0.3 is 0 Å². The van der Waals surface area contributed by atoms with Crippen LogP contribution in [0, 0.1) is 12.8 Å². The van der Waals surface area contributed by atoms with Crippen molar-refractivity contribution in [2.24, 2.45) is 22.4 Å². The Morgan fingerprint density at radius 1 is 1.05 bits per heavy atom. The van der Waals surface area contributed by atoms with E-state index in [1.165, 1.54) is 4.68 Å². The number of guanidine groups is 1. The molecule has 14 heteroatoms. The second-order valence-corrected chi connectivity index (χ2v) is 9.96. The van der Waals surface area contributed by atoms with E-state index in [4.69, 9.17) is 34.7 Å². The summed E-state index contributed by atoms with van der Waals surface area (Å²) < 4.78 is 1.42. The first-order valence-corrected chi connectivity index (χ1v) is 13.0. The summed E-state index contributed by atoms with van der Waals surface area (Å²) in [5.41, 5.74) is 11.3. The number of aliphatic imine (C=N–C) groups is 1. The highest BCUT2D eigenvalue weighted by atomic mass is 35.5. The van der Waals surface area contributed by atoms with Gasteiger partial charge in [-0.25, -0.2) is 9.67 Å². The molecule has 1 aromatic carbocycles. The number of benzene rings is 1. The Morgan fingerprint density at radius 2 is 1.71 bits per heavy atom. The van der Waals surface area contributed by atoms with Crippen LogP contribution in [0.1, 0.15) is 56.5 Å². The van der Waals surface area contributed by atoms with Gasteiger partial charge in [0, 0.05) is 23.1 Å². The maximum Gasteiger partial charge on any atom is 0.291 e. The summed E-state index contributed by atoms with van der Waals surface area (Å²) in [5.74, 6) is -1.14. The molecule has 7 N–H and O–H groups in total. The number of rotatable bonds is 13. The number of nitrogens with zero attached hydrogens (tertiary/aromatic N) is 4. The first-order valence-electron chi connectivity index (χ1n) is 12.3. The normalized spacial score (nSPS) is 12.5. The van der Waals surface area contributed by atoms with Gasteiger partial charge in [0.05, 0.1) is 5.69 Å². The van der Waals surface area contributed by atoms with Crippen molar-refractivity contribution in [3.63, 3.8) is 0 Å². The third-order valence-corrected chi connectivity index (χ3v) is 5.76. The predicted octanol–water partition coefficient (Wildman–Crippen LogP) is 1.70. The fourth-order valence-electron chi connectivity index (χ4n) is 3.66. The van der Waals surface area contributed by atoms with Gasteiger partial charge in [0.1, 0.15) is 17.9 Å². The fourth-order valence-corrected chi connectivity index (χ4v) is 4.17. The molecule has 0 bridgehead atoms. The summed E-state index contributed by atoms with van der Waals surface area (Å²) in [5, 5.41) is 13.2. The van der Waals surface area contributed by atoms with Crippen LogP contribution in [0.3, 0.4) is 0 Å². The number of aromatic nitrogens is 3. The van der Waals surface area contributed by atoms with Crippen LogP contribution < -0.4 is 27.4 Å². The highest BCUT2D eigenvalue weighted by Gasteiger charge is 2.28.